The third kappa shape index (κ3) is 2.50. The summed E-state index contributed by atoms with van der Waals surface area (Å²) in [5, 5.41) is 0. The molecule has 2 heteroatoms. The fourth-order valence-corrected chi connectivity index (χ4v) is 1.22. The van der Waals surface area contributed by atoms with Gasteiger partial charge in [-0.25, -0.2) is 0 Å². The van der Waals surface area contributed by atoms with Crippen LogP contribution in [-0.4, -0.2) is 0 Å². The summed E-state index contributed by atoms with van der Waals surface area (Å²) in [6.07, 6.45) is 1.00. The Bertz CT molecular complexity index is 235. The van der Waals surface area contributed by atoms with E-state index < -0.39 is 0 Å². The summed E-state index contributed by atoms with van der Waals surface area (Å²) in [5.74, 6) is 0. The highest BCUT2D eigenvalue weighted by molar-refractivity contribution is 5.85. The van der Waals surface area contributed by atoms with Gasteiger partial charge in [0.2, 0.25) is 0 Å². The summed E-state index contributed by atoms with van der Waals surface area (Å²) < 4.78 is 0. The molecule has 1 atom stereocenters. The molecule has 0 aliphatic heterocycles. The number of hydrogen-bond acceptors (Lipinski definition) is 1. The smallest absolute Gasteiger partial charge is 0.0294 e. The van der Waals surface area contributed by atoms with Gasteiger partial charge in [0.1, 0.15) is 0 Å². The van der Waals surface area contributed by atoms with Gasteiger partial charge in [0, 0.05) is 6.04 Å². The summed E-state index contributed by atoms with van der Waals surface area (Å²) in [4.78, 5) is 0. The lowest BCUT2D eigenvalue weighted by molar-refractivity contribution is 0.694. The maximum atomic E-state index is 5.90. The van der Waals surface area contributed by atoms with Gasteiger partial charge in [0.15, 0.2) is 0 Å². The highest BCUT2D eigenvalue weighted by Gasteiger charge is 2.03. The van der Waals surface area contributed by atoms with Gasteiger partial charge < -0.3 is 5.73 Å². The van der Waals surface area contributed by atoms with E-state index in [1.807, 2.05) is 12.1 Å². The van der Waals surface area contributed by atoms with Crippen molar-refractivity contribution in [2.45, 2.75) is 26.3 Å². The standard InChI is InChI=1S/C10H15N.ClH/c1-3-10(11)9-7-5-4-6-8(9)2;/h4-7,10H,3,11H2,1-2H3;1H. The monoisotopic (exact) mass is 185 g/mol. The Morgan fingerprint density at radius 3 is 2.42 bits per heavy atom. The van der Waals surface area contributed by atoms with Crippen molar-refractivity contribution in [2.24, 2.45) is 5.73 Å². The van der Waals surface area contributed by atoms with Crippen LogP contribution in [0.1, 0.15) is 30.5 Å². The number of benzene rings is 1. The largest absolute Gasteiger partial charge is 0.324 e. The zero-order chi connectivity index (χ0) is 8.27. The van der Waals surface area contributed by atoms with Crippen LogP contribution in [0.5, 0.6) is 0 Å². The van der Waals surface area contributed by atoms with E-state index in [1.54, 1.807) is 0 Å². The van der Waals surface area contributed by atoms with Crippen molar-refractivity contribution in [3.63, 3.8) is 0 Å². The van der Waals surface area contributed by atoms with Crippen molar-refractivity contribution in [1.82, 2.24) is 0 Å². The van der Waals surface area contributed by atoms with Crippen molar-refractivity contribution in [3.05, 3.63) is 35.4 Å². The van der Waals surface area contributed by atoms with Gasteiger partial charge in [0.25, 0.3) is 0 Å². The molecule has 0 saturated heterocycles. The van der Waals surface area contributed by atoms with E-state index in [9.17, 15) is 0 Å². The van der Waals surface area contributed by atoms with E-state index in [0.29, 0.717) is 0 Å². The molecule has 1 nitrogen and oxygen atoms in total. The van der Waals surface area contributed by atoms with E-state index in [-0.39, 0.29) is 18.4 Å². The van der Waals surface area contributed by atoms with Gasteiger partial charge in [-0.3, -0.25) is 0 Å². The normalized spacial score (nSPS) is 11.9. The van der Waals surface area contributed by atoms with Gasteiger partial charge in [-0.05, 0) is 24.5 Å². The second kappa shape index (κ2) is 5.18. The molecule has 0 fully saturated rings. The lowest BCUT2D eigenvalue weighted by Gasteiger charge is -2.11. The highest BCUT2D eigenvalue weighted by atomic mass is 35.5. The van der Waals surface area contributed by atoms with Crippen molar-refractivity contribution in [3.8, 4) is 0 Å². The van der Waals surface area contributed by atoms with Crippen LogP contribution in [0.15, 0.2) is 24.3 Å². The lowest BCUT2D eigenvalue weighted by Crippen LogP contribution is -2.09. The minimum Gasteiger partial charge on any atom is -0.324 e. The van der Waals surface area contributed by atoms with Crippen LogP contribution in [0.2, 0.25) is 0 Å². The fraction of sp³-hybridized carbons (Fsp3) is 0.400. The molecule has 0 aliphatic rings. The third-order valence-corrected chi connectivity index (χ3v) is 2.03. The fourth-order valence-electron chi connectivity index (χ4n) is 1.22. The zero-order valence-corrected chi connectivity index (χ0v) is 8.40. The van der Waals surface area contributed by atoms with Gasteiger partial charge >= 0.3 is 0 Å². The SMILES string of the molecule is CCC(N)c1ccccc1C.Cl. The molecule has 1 unspecified atom stereocenters. The van der Waals surface area contributed by atoms with Crippen LogP contribution < -0.4 is 5.73 Å². The van der Waals surface area contributed by atoms with Gasteiger partial charge in [-0.2, -0.15) is 0 Å². The molecule has 1 aromatic carbocycles. The van der Waals surface area contributed by atoms with E-state index >= 15 is 0 Å². The van der Waals surface area contributed by atoms with Crippen LogP contribution in [0, 0.1) is 6.92 Å². The quantitative estimate of drug-likeness (QED) is 0.754. The Hall–Kier alpha value is -0.530. The summed E-state index contributed by atoms with van der Waals surface area (Å²) >= 11 is 0. The predicted molar refractivity (Wildman–Crippen MR) is 55.6 cm³/mol. The maximum absolute atomic E-state index is 5.90. The minimum absolute atomic E-state index is 0. The molecule has 12 heavy (non-hydrogen) atoms. The third-order valence-electron chi connectivity index (χ3n) is 2.03. The van der Waals surface area contributed by atoms with Crippen LogP contribution in [0.3, 0.4) is 0 Å². The van der Waals surface area contributed by atoms with Gasteiger partial charge in [-0.1, -0.05) is 31.2 Å². The Labute approximate surface area is 80.4 Å². The molecular weight excluding hydrogens is 170 g/mol. The molecule has 0 aliphatic carbocycles. The average molecular weight is 186 g/mol. The van der Waals surface area contributed by atoms with Crippen molar-refractivity contribution < 1.29 is 0 Å². The predicted octanol–water partition coefficient (Wildman–Crippen LogP) is 2.83. The van der Waals surface area contributed by atoms with Crippen LogP contribution in [0.25, 0.3) is 0 Å². The zero-order valence-electron chi connectivity index (χ0n) is 7.58. The van der Waals surface area contributed by atoms with Crippen LogP contribution in [-0.2, 0) is 0 Å². The summed E-state index contributed by atoms with van der Waals surface area (Å²) in [7, 11) is 0. The highest BCUT2D eigenvalue weighted by Crippen LogP contribution is 2.16. The molecule has 2 N–H and O–H groups in total. The lowest BCUT2D eigenvalue weighted by atomic mass is 10.0. The van der Waals surface area contributed by atoms with Crippen LogP contribution >= 0.6 is 12.4 Å². The molecule has 0 amide bonds. The Kier molecular flexibility index (Phi) is 4.95. The summed E-state index contributed by atoms with van der Waals surface area (Å²) in [6, 6.07) is 8.49. The Morgan fingerprint density at radius 2 is 1.92 bits per heavy atom. The van der Waals surface area contributed by atoms with Crippen molar-refractivity contribution in [1.29, 1.82) is 0 Å². The van der Waals surface area contributed by atoms with Gasteiger partial charge in [-0.15, -0.1) is 12.4 Å². The first kappa shape index (κ1) is 11.5. The van der Waals surface area contributed by atoms with E-state index in [0.717, 1.165) is 6.42 Å². The van der Waals surface area contributed by atoms with E-state index in [1.165, 1.54) is 11.1 Å². The van der Waals surface area contributed by atoms with E-state index in [4.69, 9.17) is 5.73 Å². The van der Waals surface area contributed by atoms with Crippen molar-refractivity contribution >= 4 is 12.4 Å². The topological polar surface area (TPSA) is 26.0 Å². The molecule has 0 saturated carbocycles. The molecular formula is C10H16ClN. The second-order valence-corrected chi connectivity index (χ2v) is 2.87. The van der Waals surface area contributed by atoms with Crippen LogP contribution in [0.4, 0.5) is 0 Å². The molecule has 68 valence electrons. The first-order valence-corrected chi connectivity index (χ1v) is 4.06. The molecule has 1 aromatic rings. The minimum atomic E-state index is 0. The Balaban J connectivity index is 0.00000121. The number of halogens is 1. The average Bonchev–Trinajstić information content (AvgIpc) is 2.04. The number of rotatable bonds is 2. The molecule has 0 aromatic heterocycles. The second-order valence-electron chi connectivity index (χ2n) is 2.87. The number of hydrogen-bond donors (Lipinski definition) is 1. The van der Waals surface area contributed by atoms with Crippen molar-refractivity contribution in [2.75, 3.05) is 0 Å². The Morgan fingerprint density at radius 1 is 1.33 bits per heavy atom. The first-order chi connectivity index (χ1) is 5.25. The van der Waals surface area contributed by atoms with E-state index in [2.05, 4.69) is 26.0 Å². The number of aryl methyl sites for hydroxylation is 1. The molecule has 0 bridgehead atoms. The molecule has 1 rings (SSSR count). The molecule has 0 radical (unpaired) electrons. The molecule has 0 heterocycles. The summed E-state index contributed by atoms with van der Waals surface area (Å²) in [6.45, 7) is 4.21. The van der Waals surface area contributed by atoms with Gasteiger partial charge in [0.05, 0.1) is 0 Å². The maximum Gasteiger partial charge on any atom is 0.0294 e. The number of nitrogens with two attached hydrogens (primary N) is 1. The summed E-state index contributed by atoms with van der Waals surface area (Å²) in [5.41, 5.74) is 8.46. The molecule has 0 spiro atoms. The first-order valence-electron chi connectivity index (χ1n) is 4.06.